The van der Waals surface area contributed by atoms with Gasteiger partial charge in [0.05, 0.1) is 6.61 Å². The van der Waals surface area contributed by atoms with Gasteiger partial charge in [0, 0.05) is 6.20 Å². The van der Waals surface area contributed by atoms with E-state index in [-0.39, 0.29) is 17.2 Å². The monoisotopic (exact) mass is 289 g/mol. The topological polar surface area (TPSA) is 92.1 Å². The second-order valence-corrected chi connectivity index (χ2v) is 5.50. The Labute approximate surface area is 116 Å². The van der Waals surface area contributed by atoms with Gasteiger partial charge in [-0.15, -0.1) is 0 Å². The number of benzene rings is 1. The van der Waals surface area contributed by atoms with Crippen molar-refractivity contribution >= 4 is 10.0 Å². The third-order valence-corrected chi connectivity index (χ3v) is 3.61. The molecule has 1 heterocycles. The summed E-state index contributed by atoms with van der Waals surface area (Å²) >= 11 is 0. The van der Waals surface area contributed by atoms with Gasteiger partial charge in [0.1, 0.15) is 16.7 Å². The summed E-state index contributed by atoms with van der Waals surface area (Å²) < 4.78 is 23.7. The lowest BCUT2D eigenvalue weighted by Gasteiger charge is -2.07. The second-order valence-electron chi connectivity index (χ2n) is 3.85. The van der Waals surface area contributed by atoms with Crippen molar-refractivity contribution in [1.29, 1.82) is 5.26 Å². The zero-order chi connectivity index (χ0) is 14.4. The Bertz CT molecular complexity index is 707. The SMILES string of the molecule is N#Cc1ccc(S(=O)(=O)NOCc2ccccc2)cn1. The highest BCUT2D eigenvalue weighted by Gasteiger charge is 2.14. The number of rotatable bonds is 5. The van der Waals surface area contributed by atoms with Crippen molar-refractivity contribution in [3.8, 4) is 6.07 Å². The van der Waals surface area contributed by atoms with Crippen LogP contribution in [-0.2, 0) is 21.5 Å². The molecule has 1 N–H and O–H groups in total. The molecule has 1 aromatic heterocycles. The van der Waals surface area contributed by atoms with Crippen LogP contribution in [0.2, 0.25) is 0 Å². The molecule has 0 saturated carbocycles. The van der Waals surface area contributed by atoms with Crippen LogP contribution in [0.5, 0.6) is 0 Å². The van der Waals surface area contributed by atoms with Crippen LogP contribution in [0.15, 0.2) is 53.6 Å². The molecule has 0 bridgehead atoms. The van der Waals surface area contributed by atoms with Crippen molar-refractivity contribution in [2.45, 2.75) is 11.5 Å². The molecule has 102 valence electrons. The van der Waals surface area contributed by atoms with Crippen LogP contribution >= 0.6 is 0 Å². The minimum Gasteiger partial charge on any atom is -0.282 e. The van der Waals surface area contributed by atoms with E-state index in [0.29, 0.717) is 0 Å². The van der Waals surface area contributed by atoms with Gasteiger partial charge in [-0.05, 0) is 17.7 Å². The maximum atomic E-state index is 11.9. The maximum absolute atomic E-state index is 11.9. The van der Waals surface area contributed by atoms with Crippen LogP contribution < -0.4 is 4.89 Å². The number of nitriles is 1. The van der Waals surface area contributed by atoms with Gasteiger partial charge in [0.2, 0.25) is 0 Å². The maximum Gasteiger partial charge on any atom is 0.264 e. The number of hydrogen-bond acceptors (Lipinski definition) is 5. The number of pyridine rings is 1. The first kappa shape index (κ1) is 14.1. The number of sulfonamides is 1. The van der Waals surface area contributed by atoms with E-state index < -0.39 is 10.0 Å². The fourth-order valence-corrected chi connectivity index (χ4v) is 2.17. The number of nitrogens with one attached hydrogen (secondary N) is 1. The molecule has 0 aliphatic carbocycles. The van der Waals surface area contributed by atoms with Gasteiger partial charge < -0.3 is 0 Å². The molecular weight excluding hydrogens is 278 g/mol. The van der Waals surface area contributed by atoms with Crippen molar-refractivity contribution < 1.29 is 13.3 Å². The quantitative estimate of drug-likeness (QED) is 0.839. The minimum absolute atomic E-state index is 0.0652. The molecule has 0 unspecified atom stereocenters. The minimum atomic E-state index is -3.80. The normalized spacial score (nSPS) is 10.9. The van der Waals surface area contributed by atoms with Crippen LogP contribution in [0.25, 0.3) is 0 Å². The Morgan fingerprint density at radius 3 is 2.55 bits per heavy atom. The van der Waals surface area contributed by atoms with Crippen molar-refractivity contribution in [3.05, 3.63) is 59.9 Å². The second kappa shape index (κ2) is 6.25. The molecule has 0 spiro atoms. The van der Waals surface area contributed by atoms with Crippen molar-refractivity contribution in [1.82, 2.24) is 9.87 Å². The molecule has 0 atom stereocenters. The molecule has 0 aliphatic heterocycles. The summed E-state index contributed by atoms with van der Waals surface area (Å²) in [7, 11) is -3.80. The van der Waals surface area contributed by atoms with E-state index >= 15 is 0 Å². The van der Waals surface area contributed by atoms with E-state index in [1.807, 2.05) is 41.3 Å². The smallest absolute Gasteiger partial charge is 0.264 e. The van der Waals surface area contributed by atoms with Gasteiger partial charge >= 0.3 is 0 Å². The molecule has 20 heavy (non-hydrogen) atoms. The van der Waals surface area contributed by atoms with E-state index in [1.165, 1.54) is 12.1 Å². The van der Waals surface area contributed by atoms with Crippen LogP contribution in [0.1, 0.15) is 11.3 Å². The average Bonchev–Trinajstić information content (AvgIpc) is 2.48. The van der Waals surface area contributed by atoms with Crippen LogP contribution in [0.4, 0.5) is 0 Å². The molecule has 1 aromatic carbocycles. The lowest BCUT2D eigenvalue weighted by Crippen LogP contribution is -2.24. The largest absolute Gasteiger partial charge is 0.282 e. The highest BCUT2D eigenvalue weighted by molar-refractivity contribution is 7.89. The summed E-state index contributed by atoms with van der Waals surface area (Å²) in [6.45, 7) is 0.115. The summed E-state index contributed by atoms with van der Waals surface area (Å²) in [6, 6.07) is 13.6. The highest BCUT2D eigenvalue weighted by atomic mass is 32.2. The van der Waals surface area contributed by atoms with Crippen molar-refractivity contribution in [2.75, 3.05) is 0 Å². The van der Waals surface area contributed by atoms with Gasteiger partial charge in [0.15, 0.2) is 0 Å². The molecule has 6 nitrogen and oxygen atoms in total. The van der Waals surface area contributed by atoms with Crippen LogP contribution in [-0.4, -0.2) is 13.4 Å². The molecule has 0 saturated heterocycles. The molecule has 0 radical (unpaired) electrons. The molecule has 7 heteroatoms. The zero-order valence-corrected chi connectivity index (χ0v) is 11.2. The predicted molar refractivity (Wildman–Crippen MR) is 70.5 cm³/mol. The van der Waals surface area contributed by atoms with E-state index in [0.717, 1.165) is 11.8 Å². The van der Waals surface area contributed by atoms with Crippen LogP contribution in [0, 0.1) is 11.3 Å². The first-order valence-electron chi connectivity index (χ1n) is 5.65. The standard InChI is InChI=1S/C13H11N3O3S/c14-8-12-6-7-13(9-15-12)20(17,18)16-19-10-11-4-2-1-3-5-11/h1-7,9,16H,10H2. The molecule has 2 aromatic rings. The van der Waals surface area contributed by atoms with E-state index in [2.05, 4.69) is 4.98 Å². The van der Waals surface area contributed by atoms with Gasteiger partial charge in [-0.2, -0.15) is 5.26 Å². The Hall–Kier alpha value is -2.27. The van der Waals surface area contributed by atoms with Gasteiger partial charge in [-0.3, -0.25) is 4.84 Å². The molecule has 0 aliphatic rings. The summed E-state index contributed by atoms with van der Waals surface area (Å²) in [4.78, 5) is 10.6. The lowest BCUT2D eigenvalue weighted by molar-refractivity contribution is 0.0795. The number of aromatic nitrogens is 1. The molecule has 2 rings (SSSR count). The van der Waals surface area contributed by atoms with E-state index in [9.17, 15) is 8.42 Å². The zero-order valence-electron chi connectivity index (χ0n) is 10.4. The van der Waals surface area contributed by atoms with Crippen LogP contribution in [0.3, 0.4) is 0 Å². The van der Waals surface area contributed by atoms with Gasteiger partial charge in [-0.1, -0.05) is 35.2 Å². The van der Waals surface area contributed by atoms with Gasteiger partial charge in [-0.25, -0.2) is 13.4 Å². The average molecular weight is 289 g/mol. The van der Waals surface area contributed by atoms with Crippen molar-refractivity contribution in [3.63, 3.8) is 0 Å². The third kappa shape index (κ3) is 3.61. The summed E-state index contributed by atoms with van der Waals surface area (Å²) in [6.07, 6.45) is 1.10. The predicted octanol–water partition coefficient (Wildman–Crippen LogP) is 1.36. The number of nitrogens with zero attached hydrogens (tertiary/aromatic N) is 2. The summed E-state index contributed by atoms with van der Waals surface area (Å²) in [5, 5.41) is 8.60. The first-order valence-corrected chi connectivity index (χ1v) is 7.14. The molecule has 0 amide bonds. The Morgan fingerprint density at radius 2 is 1.95 bits per heavy atom. The molecule has 0 fully saturated rings. The Balaban J connectivity index is 1.99. The lowest BCUT2D eigenvalue weighted by atomic mass is 10.2. The molecular formula is C13H11N3O3S. The summed E-state index contributed by atoms with van der Waals surface area (Å²) in [5.41, 5.74) is 0.988. The Kier molecular flexibility index (Phi) is 4.42. The summed E-state index contributed by atoms with van der Waals surface area (Å²) in [5.74, 6) is 0. The fraction of sp³-hybridized carbons (Fsp3) is 0.0769. The first-order chi connectivity index (χ1) is 9.62. The van der Waals surface area contributed by atoms with Crippen molar-refractivity contribution in [2.24, 2.45) is 0 Å². The van der Waals surface area contributed by atoms with Gasteiger partial charge in [0.25, 0.3) is 10.0 Å². The Morgan fingerprint density at radius 1 is 1.20 bits per heavy atom. The third-order valence-electron chi connectivity index (χ3n) is 2.41. The highest BCUT2D eigenvalue weighted by Crippen LogP contribution is 2.08. The number of hydrogen-bond donors (Lipinski definition) is 1. The van der Waals surface area contributed by atoms with E-state index in [4.69, 9.17) is 10.1 Å². The fourth-order valence-electron chi connectivity index (χ4n) is 1.42. The van der Waals surface area contributed by atoms with E-state index in [1.54, 1.807) is 0 Å².